The van der Waals surface area contributed by atoms with Gasteiger partial charge in [-0.3, -0.25) is 4.79 Å². The number of carbonyl (C=O) groups excluding carboxylic acids is 1. The van der Waals surface area contributed by atoms with Crippen LogP contribution in [0.4, 0.5) is 4.39 Å². The van der Waals surface area contributed by atoms with E-state index in [1.54, 1.807) is 12.1 Å². The van der Waals surface area contributed by atoms with Gasteiger partial charge in [0, 0.05) is 8.95 Å². The summed E-state index contributed by atoms with van der Waals surface area (Å²) < 4.78 is 15.9. The van der Waals surface area contributed by atoms with E-state index in [1.165, 1.54) is 17.4 Å². The predicted octanol–water partition coefficient (Wildman–Crippen LogP) is 6.06. The Hall–Kier alpha value is 0.250. The fourth-order valence-corrected chi connectivity index (χ4v) is 3.75. The second kappa shape index (κ2) is 5.71. The Bertz CT molecular complexity index is 622. The highest BCUT2D eigenvalue weighted by Crippen LogP contribution is 2.35. The van der Waals surface area contributed by atoms with Crippen LogP contribution in [0.3, 0.4) is 0 Å². The SMILES string of the molecule is O=C(c1cc(Br)c(Br)s1)c1ccc(Br)c(Cl)c1F. The summed E-state index contributed by atoms with van der Waals surface area (Å²) in [4.78, 5) is 12.6. The second-order valence-corrected chi connectivity index (χ2v) is 7.74. The Labute approximate surface area is 137 Å². The molecule has 2 rings (SSSR count). The maximum atomic E-state index is 13.9. The number of thiophene rings is 1. The summed E-state index contributed by atoms with van der Waals surface area (Å²) >= 11 is 16.7. The number of benzene rings is 1. The van der Waals surface area contributed by atoms with E-state index in [4.69, 9.17) is 11.6 Å². The summed E-state index contributed by atoms with van der Waals surface area (Å²) in [5, 5.41) is -0.0875. The van der Waals surface area contributed by atoms with E-state index in [0.717, 1.165) is 8.26 Å². The summed E-state index contributed by atoms with van der Waals surface area (Å²) in [5.41, 5.74) is -0.0375. The molecule has 0 radical (unpaired) electrons. The lowest BCUT2D eigenvalue weighted by Crippen LogP contribution is -2.02. The van der Waals surface area contributed by atoms with Gasteiger partial charge in [-0.05, 0) is 66.0 Å². The molecule has 0 aliphatic rings. The molecule has 0 aliphatic carbocycles. The van der Waals surface area contributed by atoms with E-state index in [0.29, 0.717) is 9.35 Å². The van der Waals surface area contributed by atoms with Crippen molar-refractivity contribution in [2.45, 2.75) is 0 Å². The number of carbonyl (C=O) groups is 1. The molecule has 0 fully saturated rings. The quantitative estimate of drug-likeness (QED) is 0.380. The minimum absolute atomic E-state index is 0.0375. The molecule has 1 nitrogen and oxygen atoms in total. The third-order valence-electron chi connectivity index (χ3n) is 2.15. The molecule has 7 heteroatoms. The predicted molar refractivity (Wildman–Crippen MR) is 82.3 cm³/mol. The van der Waals surface area contributed by atoms with Gasteiger partial charge < -0.3 is 0 Å². The van der Waals surface area contributed by atoms with E-state index in [-0.39, 0.29) is 10.6 Å². The van der Waals surface area contributed by atoms with Gasteiger partial charge in [-0.2, -0.15) is 0 Å². The van der Waals surface area contributed by atoms with Crippen molar-refractivity contribution in [1.82, 2.24) is 0 Å². The highest BCUT2D eigenvalue weighted by Gasteiger charge is 2.20. The van der Waals surface area contributed by atoms with Crippen molar-refractivity contribution in [2.75, 3.05) is 0 Å². The molecule has 0 spiro atoms. The fourth-order valence-electron chi connectivity index (χ4n) is 1.29. The average molecular weight is 477 g/mol. The Kier molecular flexibility index (Phi) is 4.65. The van der Waals surface area contributed by atoms with E-state index in [2.05, 4.69) is 47.8 Å². The first-order valence-corrected chi connectivity index (χ1v) is 8.12. The zero-order valence-corrected chi connectivity index (χ0v) is 14.8. The number of halogens is 5. The van der Waals surface area contributed by atoms with Crippen LogP contribution in [0.2, 0.25) is 5.02 Å². The molecule has 0 saturated heterocycles. The van der Waals surface area contributed by atoms with Gasteiger partial charge in [0.1, 0.15) is 0 Å². The van der Waals surface area contributed by atoms with Crippen molar-refractivity contribution in [2.24, 2.45) is 0 Å². The molecule has 0 N–H and O–H groups in total. The molecule has 0 aliphatic heterocycles. The Morgan fingerprint density at radius 2 is 1.89 bits per heavy atom. The Morgan fingerprint density at radius 3 is 2.44 bits per heavy atom. The summed E-state index contributed by atoms with van der Waals surface area (Å²) in [7, 11) is 0. The van der Waals surface area contributed by atoms with Gasteiger partial charge in [-0.25, -0.2) is 4.39 Å². The van der Waals surface area contributed by atoms with Gasteiger partial charge in [-0.15, -0.1) is 11.3 Å². The molecule has 1 heterocycles. The van der Waals surface area contributed by atoms with Crippen LogP contribution in [0, 0.1) is 5.82 Å². The van der Waals surface area contributed by atoms with Crippen LogP contribution in [0.5, 0.6) is 0 Å². The molecule has 1 aromatic carbocycles. The molecular formula is C11H3Br3ClFOS. The van der Waals surface area contributed by atoms with Crippen LogP contribution in [0.15, 0.2) is 30.9 Å². The molecular weight excluding hydrogens is 474 g/mol. The van der Waals surface area contributed by atoms with Gasteiger partial charge in [0.15, 0.2) is 5.82 Å². The van der Waals surface area contributed by atoms with Crippen molar-refractivity contribution in [1.29, 1.82) is 0 Å². The van der Waals surface area contributed by atoms with Gasteiger partial charge in [0.25, 0.3) is 0 Å². The van der Waals surface area contributed by atoms with Crippen LogP contribution in [-0.4, -0.2) is 5.78 Å². The fraction of sp³-hybridized carbons (Fsp3) is 0. The topological polar surface area (TPSA) is 17.1 Å². The smallest absolute Gasteiger partial charge is 0.206 e. The van der Waals surface area contributed by atoms with Crippen molar-refractivity contribution in [3.8, 4) is 0 Å². The maximum absolute atomic E-state index is 13.9. The summed E-state index contributed by atoms with van der Waals surface area (Å²) in [6.45, 7) is 0. The van der Waals surface area contributed by atoms with E-state index in [9.17, 15) is 9.18 Å². The summed E-state index contributed by atoms with van der Waals surface area (Å²) in [6.07, 6.45) is 0. The molecule has 2 aromatic rings. The van der Waals surface area contributed by atoms with Crippen LogP contribution >= 0.6 is 70.7 Å². The molecule has 94 valence electrons. The first-order valence-electron chi connectivity index (χ1n) is 4.55. The molecule has 0 unspecified atom stereocenters. The average Bonchev–Trinajstić information content (AvgIpc) is 2.66. The van der Waals surface area contributed by atoms with Crippen molar-refractivity contribution in [3.05, 3.63) is 52.2 Å². The zero-order chi connectivity index (χ0) is 13.4. The van der Waals surface area contributed by atoms with Crippen LogP contribution in [-0.2, 0) is 0 Å². The van der Waals surface area contributed by atoms with Crippen LogP contribution < -0.4 is 0 Å². The molecule has 1 aromatic heterocycles. The first kappa shape index (κ1) is 14.7. The van der Waals surface area contributed by atoms with E-state index in [1.807, 2.05) is 0 Å². The molecule has 18 heavy (non-hydrogen) atoms. The highest BCUT2D eigenvalue weighted by molar-refractivity contribution is 9.13. The maximum Gasteiger partial charge on any atom is 0.206 e. The minimum atomic E-state index is -0.711. The Morgan fingerprint density at radius 1 is 1.22 bits per heavy atom. The summed E-state index contributed by atoms with van der Waals surface area (Å²) in [5.74, 6) is -1.10. The minimum Gasteiger partial charge on any atom is -0.288 e. The number of hydrogen-bond acceptors (Lipinski definition) is 2. The number of ketones is 1. The number of rotatable bonds is 2. The number of hydrogen-bond donors (Lipinski definition) is 0. The Balaban J connectivity index is 2.50. The third-order valence-corrected chi connectivity index (χ3v) is 6.66. The van der Waals surface area contributed by atoms with Crippen LogP contribution in [0.25, 0.3) is 0 Å². The van der Waals surface area contributed by atoms with Gasteiger partial charge in [0.2, 0.25) is 5.78 Å². The molecule has 0 saturated carbocycles. The van der Waals surface area contributed by atoms with E-state index < -0.39 is 11.6 Å². The molecule has 0 atom stereocenters. The second-order valence-electron chi connectivity index (χ2n) is 3.28. The van der Waals surface area contributed by atoms with Crippen molar-refractivity contribution >= 4 is 76.5 Å². The molecule has 0 bridgehead atoms. The van der Waals surface area contributed by atoms with Crippen molar-refractivity contribution < 1.29 is 9.18 Å². The summed E-state index contributed by atoms with van der Waals surface area (Å²) in [6, 6.07) is 4.61. The molecule has 0 amide bonds. The third kappa shape index (κ3) is 2.72. The highest BCUT2D eigenvalue weighted by atomic mass is 79.9. The normalized spacial score (nSPS) is 10.7. The zero-order valence-electron chi connectivity index (χ0n) is 8.44. The van der Waals surface area contributed by atoms with Gasteiger partial charge >= 0.3 is 0 Å². The lowest BCUT2D eigenvalue weighted by Gasteiger charge is -2.03. The van der Waals surface area contributed by atoms with Crippen molar-refractivity contribution in [3.63, 3.8) is 0 Å². The largest absolute Gasteiger partial charge is 0.288 e. The lowest BCUT2D eigenvalue weighted by atomic mass is 10.1. The van der Waals surface area contributed by atoms with Gasteiger partial charge in [-0.1, -0.05) is 11.6 Å². The standard InChI is InChI=1S/C11H3Br3ClFOS/c12-5-2-1-4(9(16)8(5)15)10(17)7-3-6(13)11(14)18-7/h1-3H. The first-order chi connectivity index (χ1) is 8.41. The lowest BCUT2D eigenvalue weighted by molar-refractivity contribution is 0.103. The van der Waals surface area contributed by atoms with Crippen LogP contribution in [0.1, 0.15) is 15.2 Å². The van der Waals surface area contributed by atoms with Gasteiger partial charge in [0.05, 0.1) is 19.2 Å². The monoisotopic (exact) mass is 474 g/mol. The van der Waals surface area contributed by atoms with E-state index >= 15 is 0 Å².